The van der Waals surface area contributed by atoms with E-state index in [1.165, 1.54) is 21.1 Å². The topological polar surface area (TPSA) is 95.0 Å². The van der Waals surface area contributed by atoms with Gasteiger partial charge < -0.3 is 5.11 Å². The van der Waals surface area contributed by atoms with Gasteiger partial charge in [0.25, 0.3) is 0 Å². The molecule has 8 rings (SSSR count). The van der Waals surface area contributed by atoms with E-state index < -0.39 is 35.0 Å². The number of thiophene rings is 1. The molecule has 4 aliphatic rings. The van der Waals surface area contributed by atoms with Crippen LogP contribution in [0.5, 0.6) is 5.75 Å². The second kappa shape index (κ2) is 10.8. The Bertz CT molecular complexity index is 1920. The number of rotatable bonds is 5. The van der Waals surface area contributed by atoms with Crippen molar-refractivity contribution in [3.63, 3.8) is 0 Å². The summed E-state index contributed by atoms with van der Waals surface area (Å²) in [5.74, 6) is -4.09. The molecule has 3 aromatic carbocycles. The molecule has 7 nitrogen and oxygen atoms in total. The number of likely N-dealkylation sites (tertiary alicyclic amines) is 1. The van der Waals surface area contributed by atoms with Gasteiger partial charge in [0.2, 0.25) is 23.6 Å². The first kappa shape index (κ1) is 28.9. The van der Waals surface area contributed by atoms with Crippen molar-refractivity contribution in [2.24, 2.45) is 23.7 Å². The van der Waals surface area contributed by atoms with E-state index in [9.17, 15) is 19.5 Å². The number of amides is 4. The van der Waals surface area contributed by atoms with Gasteiger partial charge in [-0.05, 0) is 71.7 Å². The largest absolute Gasteiger partial charge is 0.508 e. The smallest absolute Gasteiger partial charge is 0.246 e. The van der Waals surface area contributed by atoms with E-state index in [0.29, 0.717) is 22.7 Å². The average Bonchev–Trinajstić information content (AvgIpc) is 3.73. The zero-order valence-corrected chi connectivity index (χ0v) is 26.2. The first-order chi connectivity index (χ1) is 22.3. The molecule has 2 aliphatic heterocycles. The number of nitrogens with zero attached hydrogens (tertiary/aromatic N) is 2. The summed E-state index contributed by atoms with van der Waals surface area (Å²) >= 11 is 7.86. The molecular weight excluding hydrogens is 620 g/mol. The zero-order valence-electron chi connectivity index (χ0n) is 24.6. The quantitative estimate of drug-likeness (QED) is 0.198. The highest BCUT2D eigenvalue weighted by Crippen LogP contribution is 2.64. The molecule has 4 aromatic rings. The van der Waals surface area contributed by atoms with Crippen molar-refractivity contribution in [3.05, 3.63) is 129 Å². The highest BCUT2D eigenvalue weighted by molar-refractivity contribution is 7.09. The van der Waals surface area contributed by atoms with E-state index in [2.05, 4.69) is 0 Å². The SMILES string of the molecule is O=C1C2CC=C3C(CC4C(=O)N(c5cccc(Cl)c5)C(=O)C4(c4ccccc4)C3c3ccc(O)cc3)C2C(=O)N1Cc1cccs1. The van der Waals surface area contributed by atoms with Crippen LogP contribution in [-0.2, 0) is 31.1 Å². The summed E-state index contributed by atoms with van der Waals surface area (Å²) in [6, 6.07) is 26.7. The molecule has 46 heavy (non-hydrogen) atoms. The van der Waals surface area contributed by atoms with E-state index in [0.717, 1.165) is 16.0 Å². The Morgan fingerprint density at radius 2 is 1.63 bits per heavy atom. The summed E-state index contributed by atoms with van der Waals surface area (Å²) in [6.45, 7) is 0.225. The maximum Gasteiger partial charge on any atom is 0.246 e. The maximum absolute atomic E-state index is 15.1. The Morgan fingerprint density at radius 3 is 2.35 bits per heavy atom. The van der Waals surface area contributed by atoms with Crippen molar-refractivity contribution < 1.29 is 24.3 Å². The lowest BCUT2D eigenvalue weighted by molar-refractivity contribution is -0.141. The molecule has 1 saturated carbocycles. The van der Waals surface area contributed by atoms with Gasteiger partial charge in [-0.1, -0.05) is 77.8 Å². The zero-order chi connectivity index (χ0) is 31.7. The van der Waals surface area contributed by atoms with Crippen molar-refractivity contribution in [1.29, 1.82) is 0 Å². The van der Waals surface area contributed by atoms with Gasteiger partial charge in [0.1, 0.15) is 5.75 Å². The molecule has 4 amide bonds. The molecule has 0 spiro atoms. The number of fused-ring (bicyclic) bond motifs is 4. The molecule has 6 unspecified atom stereocenters. The van der Waals surface area contributed by atoms with Crippen LogP contribution >= 0.6 is 22.9 Å². The third-order valence-corrected chi connectivity index (χ3v) is 11.5. The Balaban J connectivity index is 1.33. The molecule has 1 aromatic heterocycles. The van der Waals surface area contributed by atoms with Gasteiger partial charge >= 0.3 is 0 Å². The van der Waals surface area contributed by atoms with Gasteiger partial charge in [-0.3, -0.25) is 24.1 Å². The van der Waals surface area contributed by atoms with E-state index in [1.807, 2.05) is 53.9 Å². The number of imide groups is 2. The number of phenols is 1. The van der Waals surface area contributed by atoms with Crippen molar-refractivity contribution in [2.75, 3.05) is 4.90 Å². The Kier molecular flexibility index (Phi) is 6.78. The van der Waals surface area contributed by atoms with Gasteiger partial charge in [0, 0.05) is 15.8 Å². The summed E-state index contributed by atoms with van der Waals surface area (Å²) in [6.07, 6.45) is 2.65. The Morgan fingerprint density at radius 1 is 0.848 bits per heavy atom. The summed E-state index contributed by atoms with van der Waals surface area (Å²) in [5.41, 5.74) is 1.40. The summed E-state index contributed by atoms with van der Waals surface area (Å²) in [5, 5.41) is 12.6. The Hall–Kier alpha value is -4.53. The molecule has 6 atom stereocenters. The maximum atomic E-state index is 15.1. The molecule has 0 radical (unpaired) electrons. The summed E-state index contributed by atoms with van der Waals surface area (Å²) < 4.78 is 0. The summed E-state index contributed by atoms with van der Waals surface area (Å²) in [7, 11) is 0. The highest BCUT2D eigenvalue weighted by atomic mass is 35.5. The number of hydrogen-bond donors (Lipinski definition) is 1. The van der Waals surface area contributed by atoms with Crippen LogP contribution < -0.4 is 4.90 Å². The van der Waals surface area contributed by atoms with Crippen molar-refractivity contribution >= 4 is 52.3 Å². The van der Waals surface area contributed by atoms with Crippen LogP contribution in [0, 0.1) is 23.7 Å². The van der Waals surface area contributed by atoms with Crippen LogP contribution in [0.1, 0.15) is 34.8 Å². The minimum atomic E-state index is -1.34. The van der Waals surface area contributed by atoms with Crippen molar-refractivity contribution in [1.82, 2.24) is 4.90 Å². The number of phenolic OH excluding ortho intramolecular Hbond substituents is 1. The molecule has 1 N–H and O–H groups in total. The predicted octanol–water partition coefficient (Wildman–Crippen LogP) is 6.47. The first-order valence-electron chi connectivity index (χ1n) is 15.4. The predicted molar refractivity (Wildman–Crippen MR) is 174 cm³/mol. The van der Waals surface area contributed by atoms with Crippen LogP contribution in [0.15, 0.2) is 108 Å². The van der Waals surface area contributed by atoms with Crippen LogP contribution in [0.2, 0.25) is 5.02 Å². The van der Waals surface area contributed by atoms with E-state index in [-0.39, 0.29) is 42.3 Å². The lowest BCUT2D eigenvalue weighted by Gasteiger charge is -2.50. The van der Waals surface area contributed by atoms with Crippen molar-refractivity contribution in [3.8, 4) is 5.75 Å². The van der Waals surface area contributed by atoms with Crippen LogP contribution in [0.25, 0.3) is 0 Å². The molecule has 9 heteroatoms. The van der Waals surface area contributed by atoms with Gasteiger partial charge in [0.15, 0.2) is 0 Å². The lowest BCUT2D eigenvalue weighted by Crippen LogP contribution is -2.53. The highest BCUT2D eigenvalue weighted by Gasteiger charge is 2.70. The number of anilines is 1. The number of aromatic hydroxyl groups is 1. The van der Waals surface area contributed by atoms with E-state index in [4.69, 9.17) is 11.6 Å². The van der Waals surface area contributed by atoms with Gasteiger partial charge in [0.05, 0.1) is 35.4 Å². The lowest BCUT2D eigenvalue weighted by atomic mass is 9.49. The van der Waals surface area contributed by atoms with Gasteiger partial charge in [-0.25, -0.2) is 4.90 Å². The minimum Gasteiger partial charge on any atom is -0.508 e. The second-order valence-corrected chi connectivity index (χ2v) is 14.0. The first-order valence-corrected chi connectivity index (χ1v) is 16.6. The monoisotopic (exact) mass is 648 g/mol. The standard InChI is InChI=1S/C37H29ClN2O5S/c38-23-8-4-9-24(18-23)40-34(43)30-19-29-27(15-16-28-31(29)35(44)39(33(28)42)20-26-10-5-17-46-26)32(21-11-13-25(41)14-12-21)37(30,36(40)45)22-6-2-1-3-7-22/h1-15,17-18,28-32,41H,16,19-20H2. The molecule has 0 bridgehead atoms. The third-order valence-electron chi connectivity index (χ3n) is 10.4. The number of halogens is 1. The molecular formula is C37H29ClN2O5S. The van der Waals surface area contributed by atoms with Crippen molar-refractivity contribution in [2.45, 2.75) is 30.7 Å². The van der Waals surface area contributed by atoms with Crippen LogP contribution in [0.4, 0.5) is 5.69 Å². The van der Waals surface area contributed by atoms with E-state index >= 15 is 4.79 Å². The number of carbonyl (C=O) groups excluding carboxylic acids is 4. The van der Waals surface area contributed by atoms with Gasteiger partial charge in [-0.15, -0.1) is 11.3 Å². The third kappa shape index (κ3) is 4.09. The van der Waals surface area contributed by atoms with Crippen LogP contribution in [-0.4, -0.2) is 33.6 Å². The number of carbonyl (C=O) groups is 4. The average molecular weight is 649 g/mol. The van der Waals surface area contributed by atoms with Gasteiger partial charge in [-0.2, -0.15) is 0 Å². The number of benzene rings is 3. The Labute approximate surface area is 274 Å². The molecule has 3 heterocycles. The van der Waals surface area contributed by atoms with Crippen LogP contribution in [0.3, 0.4) is 0 Å². The fraction of sp³-hybridized carbons (Fsp3) is 0.243. The normalized spacial score (nSPS) is 28.6. The van der Waals surface area contributed by atoms with E-state index in [1.54, 1.807) is 48.5 Å². The molecule has 3 fully saturated rings. The number of hydrogen-bond acceptors (Lipinski definition) is 6. The molecule has 2 aliphatic carbocycles. The minimum absolute atomic E-state index is 0.0780. The second-order valence-electron chi connectivity index (χ2n) is 12.5. The molecule has 2 saturated heterocycles. The number of allylic oxidation sites excluding steroid dienone is 2. The molecule has 230 valence electrons. The fourth-order valence-corrected chi connectivity index (χ4v) is 9.44. The summed E-state index contributed by atoms with van der Waals surface area (Å²) in [4.78, 5) is 61.4. The fourth-order valence-electron chi connectivity index (χ4n) is 8.56.